The fourth-order valence-electron chi connectivity index (χ4n) is 0.772. The van der Waals surface area contributed by atoms with E-state index < -0.39 is 0 Å². The summed E-state index contributed by atoms with van der Waals surface area (Å²) >= 11 is 0. The van der Waals surface area contributed by atoms with E-state index in [9.17, 15) is 0 Å². The maximum Gasteiger partial charge on any atom is 0.0844 e. The van der Waals surface area contributed by atoms with Crippen LogP contribution in [0.5, 0.6) is 0 Å². The van der Waals surface area contributed by atoms with E-state index in [1.165, 1.54) is 0 Å². The van der Waals surface area contributed by atoms with E-state index in [0.29, 0.717) is 0 Å². The van der Waals surface area contributed by atoms with E-state index in [2.05, 4.69) is 10.1 Å². The molecule has 0 saturated heterocycles. The van der Waals surface area contributed by atoms with E-state index in [0.717, 1.165) is 5.52 Å². The Morgan fingerprint density at radius 2 is 2.33 bits per heavy atom. The zero-order valence-electron chi connectivity index (χ0n) is 4.73. The molecule has 2 rings (SSSR count). The van der Waals surface area contributed by atoms with Crippen LogP contribution in [0.25, 0.3) is 5.52 Å². The molecule has 0 aliphatic heterocycles. The van der Waals surface area contributed by atoms with Crippen LogP contribution in [-0.2, 0) is 0 Å². The summed E-state index contributed by atoms with van der Waals surface area (Å²) < 4.78 is 1.77. The van der Waals surface area contributed by atoms with Gasteiger partial charge in [-0.15, -0.1) is 0 Å². The molecule has 3 nitrogen and oxygen atoms in total. The molecule has 2 aromatic rings. The van der Waals surface area contributed by atoms with Crippen LogP contribution in [0.4, 0.5) is 0 Å². The molecule has 2 heterocycles. The van der Waals surface area contributed by atoms with Crippen LogP contribution in [0.1, 0.15) is 0 Å². The van der Waals surface area contributed by atoms with E-state index in [-0.39, 0.29) is 0 Å². The van der Waals surface area contributed by atoms with Crippen LogP contribution in [-0.4, -0.2) is 14.6 Å². The first-order chi connectivity index (χ1) is 4.47. The highest BCUT2D eigenvalue weighted by atomic mass is 15.2. The van der Waals surface area contributed by atoms with Gasteiger partial charge in [-0.25, -0.2) is 4.52 Å². The minimum atomic E-state index is 1.03. The van der Waals surface area contributed by atoms with Crippen LogP contribution < -0.4 is 0 Å². The molecule has 0 N–H and O–H groups in total. The van der Waals surface area contributed by atoms with Crippen LogP contribution in [0.2, 0.25) is 0 Å². The third-order valence-electron chi connectivity index (χ3n) is 1.20. The van der Waals surface area contributed by atoms with Gasteiger partial charge in [0, 0.05) is 12.4 Å². The monoisotopic (exact) mass is 119 g/mol. The Bertz CT molecular complexity index is 282. The molecular formula is C6H5N3. The summed E-state index contributed by atoms with van der Waals surface area (Å²) in [7, 11) is 0. The van der Waals surface area contributed by atoms with Crippen molar-refractivity contribution in [2.24, 2.45) is 0 Å². The van der Waals surface area contributed by atoms with Crippen molar-refractivity contribution in [1.29, 1.82) is 0 Å². The summed E-state index contributed by atoms with van der Waals surface area (Å²) in [5, 5.41) is 4.00. The van der Waals surface area contributed by atoms with Gasteiger partial charge in [-0.2, -0.15) is 5.10 Å². The lowest BCUT2D eigenvalue weighted by Crippen LogP contribution is -1.84. The molecule has 0 aliphatic rings. The number of aromatic nitrogens is 3. The fourth-order valence-corrected chi connectivity index (χ4v) is 0.772. The lowest BCUT2D eigenvalue weighted by atomic mass is 10.5. The van der Waals surface area contributed by atoms with Crippen molar-refractivity contribution in [3.8, 4) is 0 Å². The highest BCUT2D eigenvalue weighted by molar-refractivity contribution is 5.41. The first-order valence-corrected chi connectivity index (χ1v) is 2.70. The van der Waals surface area contributed by atoms with Crippen molar-refractivity contribution in [2.45, 2.75) is 0 Å². The molecule has 0 atom stereocenters. The molecule has 44 valence electrons. The quantitative estimate of drug-likeness (QED) is 0.511. The van der Waals surface area contributed by atoms with Crippen molar-refractivity contribution < 1.29 is 0 Å². The summed E-state index contributed by atoms with van der Waals surface area (Å²) in [5.41, 5.74) is 1.03. The summed E-state index contributed by atoms with van der Waals surface area (Å²) in [4.78, 5) is 3.92. The molecule has 9 heavy (non-hydrogen) atoms. The highest BCUT2D eigenvalue weighted by Crippen LogP contribution is 1.95. The second-order valence-electron chi connectivity index (χ2n) is 1.78. The number of rotatable bonds is 0. The maximum atomic E-state index is 4.00. The van der Waals surface area contributed by atoms with Crippen LogP contribution in [0, 0.1) is 0 Å². The molecule has 0 unspecified atom stereocenters. The number of fused-ring (bicyclic) bond motifs is 1. The molecule has 0 aliphatic carbocycles. The number of hydrogen-bond acceptors (Lipinski definition) is 2. The summed E-state index contributed by atoms with van der Waals surface area (Å²) in [6.45, 7) is 0. The molecule has 0 aromatic carbocycles. The van der Waals surface area contributed by atoms with Gasteiger partial charge in [-0.1, -0.05) is 0 Å². The van der Waals surface area contributed by atoms with Gasteiger partial charge in [-0.05, 0) is 6.07 Å². The molecule has 0 radical (unpaired) electrons. The zero-order valence-corrected chi connectivity index (χ0v) is 4.73. The van der Waals surface area contributed by atoms with E-state index in [1.807, 2.05) is 12.3 Å². The molecular weight excluding hydrogens is 114 g/mol. The first-order valence-electron chi connectivity index (χ1n) is 2.70. The molecule has 3 heteroatoms. The normalized spacial score (nSPS) is 10.2. The summed E-state index contributed by atoms with van der Waals surface area (Å²) in [6.07, 6.45) is 7.04. The summed E-state index contributed by atoms with van der Waals surface area (Å²) in [5.74, 6) is 0. The topological polar surface area (TPSA) is 30.2 Å². The minimum Gasteiger partial charge on any atom is -0.261 e. The van der Waals surface area contributed by atoms with Crippen molar-refractivity contribution in [1.82, 2.24) is 14.6 Å². The van der Waals surface area contributed by atoms with Crippen molar-refractivity contribution in [2.75, 3.05) is 0 Å². The average Bonchev–Trinajstić information content (AvgIpc) is 2.33. The molecule has 0 amide bonds. The van der Waals surface area contributed by atoms with Crippen LogP contribution >= 0.6 is 0 Å². The Hall–Kier alpha value is -1.38. The standard InChI is InChI=1S/C6H5N3/c1-2-8-9-4-3-7-5-6(1)9/h1-5H. The highest BCUT2D eigenvalue weighted by Gasteiger charge is 1.86. The van der Waals surface area contributed by atoms with Gasteiger partial charge in [0.15, 0.2) is 0 Å². The second-order valence-corrected chi connectivity index (χ2v) is 1.78. The van der Waals surface area contributed by atoms with Gasteiger partial charge in [0.05, 0.1) is 17.9 Å². The average molecular weight is 119 g/mol. The van der Waals surface area contributed by atoms with Crippen molar-refractivity contribution >= 4 is 5.52 Å². The Morgan fingerprint density at radius 1 is 1.33 bits per heavy atom. The van der Waals surface area contributed by atoms with Crippen LogP contribution in [0.15, 0.2) is 30.9 Å². The van der Waals surface area contributed by atoms with E-state index in [4.69, 9.17) is 0 Å². The Kier molecular flexibility index (Phi) is 0.773. The predicted octanol–water partition coefficient (Wildman–Crippen LogP) is 0.729. The maximum absolute atomic E-state index is 4.00. The Morgan fingerprint density at radius 3 is 3.22 bits per heavy atom. The van der Waals surface area contributed by atoms with Crippen molar-refractivity contribution in [3.05, 3.63) is 30.9 Å². The number of nitrogens with zero attached hydrogens (tertiary/aromatic N) is 3. The second kappa shape index (κ2) is 1.55. The number of hydrogen-bond donors (Lipinski definition) is 0. The molecule has 0 bridgehead atoms. The fraction of sp³-hybridized carbons (Fsp3) is 0. The minimum absolute atomic E-state index is 1.03. The van der Waals surface area contributed by atoms with Crippen molar-refractivity contribution in [3.63, 3.8) is 0 Å². The SMILES string of the molecule is c1cn2nccc2cn1. The van der Waals surface area contributed by atoms with Crippen LogP contribution in [0.3, 0.4) is 0 Å². The van der Waals surface area contributed by atoms with Gasteiger partial charge < -0.3 is 0 Å². The molecule has 0 fully saturated rings. The molecule has 2 aromatic heterocycles. The lowest BCUT2D eigenvalue weighted by Gasteiger charge is -1.86. The molecule has 0 saturated carbocycles. The Balaban J connectivity index is 2.95. The van der Waals surface area contributed by atoms with Gasteiger partial charge >= 0.3 is 0 Å². The van der Waals surface area contributed by atoms with Gasteiger partial charge in [-0.3, -0.25) is 4.98 Å². The Labute approximate surface area is 52.0 Å². The first kappa shape index (κ1) is 4.49. The third kappa shape index (κ3) is 0.579. The van der Waals surface area contributed by atoms with Gasteiger partial charge in [0.1, 0.15) is 0 Å². The largest absolute Gasteiger partial charge is 0.261 e. The lowest BCUT2D eigenvalue weighted by molar-refractivity contribution is 0.946. The van der Waals surface area contributed by atoms with Gasteiger partial charge in [0.2, 0.25) is 0 Å². The molecule has 0 spiro atoms. The smallest absolute Gasteiger partial charge is 0.0844 e. The zero-order chi connectivity index (χ0) is 6.10. The van der Waals surface area contributed by atoms with E-state index in [1.54, 1.807) is 23.1 Å². The van der Waals surface area contributed by atoms with Gasteiger partial charge in [0.25, 0.3) is 0 Å². The summed E-state index contributed by atoms with van der Waals surface area (Å²) in [6, 6.07) is 1.91. The third-order valence-corrected chi connectivity index (χ3v) is 1.20. The predicted molar refractivity (Wildman–Crippen MR) is 33.0 cm³/mol. The van der Waals surface area contributed by atoms with E-state index >= 15 is 0 Å².